The van der Waals surface area contributed by atoms with Crippen LogP contribution in [0.1, 0.15) is 5.56 Å². The Bertz CT molecular complexity index is 1220. The van der Waals surface area contributed by atoms with Gasteiger partial charge >= 0.3 is 6.01 Å². The number of fused-ring (bicyclic) bond motifs is 1. The van der Waals surface area contributed by atoms with Crippen molar-refractivity contribution >= 4 is 28.5 Å². The molecule has 0 aliphatic carbocycles. The Balaban J connectivity index is 1.39. The molecule has 0 amide bonds. The van der Waals surface area contributed by atoms with E-state index < -0.39 is 0 Å². The summed E-state index contributed by atoms with van der Waals surface area (Å²) in [5.74, 6) is 0.639. The normalized spacial score (nSPS) is 14.1. The number of pyridine rings is 1. The quantitative estimate of drug-likeness (QED) is 0.451. The SMILES string of the molecule is OCCc1cccc(Oc2nc3nc(-c4ccc(N5CCOCC5)cc4)c(Cl)cc3[nH]2)c1. The van der Waals surface area contributed by atoms with Crippen LogP contribution in [-0.2, 0) is 11.2 Å². The van der Waals surface area contributed by atoms with E-state index in [0.717, 1.165) is 43.1 Å². The zero-order valence-corrected chi connectivity index (χ0v) is 18.2. The molecule has 0 unspecified atom stereocenters. The fraction of sp³-hybridized carbons (Fsp3) is 0.250. The van der Waals surface area contributed by atoms with Crippen LogP contribution in [0.2, 0.25) is 5.02 Å². The maximum Gasteiger partial charge on any atom is 0.301 e. The number of imidazole rings is 1. The number of ether oxygens (including phenoxy) is 2. The molecule has 0 atom stereocenters. The molecule has 32 heavy (non-hydrogen) atoms. The van der Waals surface area contributed by atoms with Gasteiger partial charge in [0.1, 0.15) is 5.75 Å². The van der Waals surface area contributed by atoms with Crippen molar-refractivity contribution in [2.75, 3.05) is 37.8 Å². The summed E-state index contributed by atoms with van der Waals surface area (Å²) in [5.41, 5.74) is 4.98. The first kappa shape index (κ1) is 20.8. The van der Waals surface area contributed by atoms with E-state index in [0.29, 0.717) is 40.1 Å². The Morgan fingerprint density at radius 1 is 1.06 bits per heavy atom. The van der Waals surface area contributed by atoms with Gasteiger partial charge in [0.2, 0.25) is 0 Å². The molecule has 4 aromatic rings. The number of benzene rings is 2. The van der Waals surface area contributed by atoms with Gasteiger partial charge in [-0.15, -0.1) is 0 Å². The van der Waals surface area contributed by atoms with Gasteiger partial charge in [-0.25, -0.2) is 4.98 Å². The van der Waals surface area contributed by atoms with Gasteiger partial charge in [0.25, 0.3) is 0 Å². The lowest BCUT2D eigenvalue weighted by molar-refractivity contribution is 0.122. The molecule has 1 fully saturated rings. The molecule has 3 heterocycles. The molecule has 1 aliphatic heterocycles. The third-order valence-corrected chi connectivity index (χ3v) is 5.72. The van der Waals surface area contributed by atoms with Crippen LogP contribution < -0.4 is 9.64 Å². The van der Waals surface area contributed by atoms with Crippen LogP contribution in [-0.4, -0.2) is 53.0 Å². The van der Waals surface area contributed by atoms with Crippen LogP contribution in [0.5, 0.6) is 11.8 Å². The number of nitrogens with zero attached hydrogens (tertiary/aromatic N) is 3. The summed E-state index contributed by atoms with van der Waals surface area (Å²) in [7, 11) is 0. The average Bonchev–Trinajstić information content (AvgIpc) is 3.20. The standard InChI is InChI=1S/C24H23ClN4O3/c25-20-15-21-23(28-24(26-21)32-19-3-1-2-16(14-19)8-11-30)27-22(20)17-4-6-18(7-5-17)29-9-12-31-13-10-29/h1-7,14-15,30H,8-13H2,(H,26,27,28). The highest BCUT2D eigenvalue weighted by Gasteiger charge is 2.15. The molecule has 0 spiro atoms. The van der Waals surface area contributed by atoms with Gasteiger partial charge in [-0.1, -0.05) is 35.9 Å². The van der Waals surface area contributed by atoms with Crippen molar-refractivity contribution < 1.29 is 14.6 Å². The molecular weight excluding hydrogens is 428 g/mol. The maximum atomic E-state index is 9.14. The van der Waals surface area contributed by atoms with E-state index in [4.69, 9.17) is 26.2 Å². The van der Waals surface area contributed by atoms with Gasteiger partial charge < -0.3 is 24.5 Å². The topological polar surface area (TPSA) is 83.5 Å². The number of hydrogen-bond donors (Lipinski definition) is 2. The van der Waals surface area contributed by atoms with Crippen molar-refractivity contribution in [1.82, 2.24) is 15.0 Å². The first-order chi connectivity index (χ1) is 15.7. The molecule has 0 radical (unpaired) electrons. The second-order valence-electron chi connectivity index (χ2n) is 7.60. The van der Waals surface area contributed by atoms with E-state index in [2.05, 4.69) is 32.0 Å². The third-order valence-electron chi connectivity index (χ3n) is 5.44. The van der Waals surface area contributed by atoms with Gasteiger partial charge in [0.15, 0.2) is 5.65 Å². The van der Waals surface area contributed by atoms with Crippen LogP contribution >= 0.6 is 11.6 Å². The van der Waals surface area contributed by atoms with Crippen molar-refractivity contribution in [3.05, 3.63) is 65.2 Å². The van der Waals surface area contributed by atoms with Gasteiger partial charge in [-0.05, 0) is 42.3 Å². The zero-order chi connectivity index (χ0) is 21.9. The second-order valence-corrected chi connectivity index (χ2v) is 8.01. The Kier molecular flexibility index (Phi) is 5.94. The minimum atomic E-state index is 0.0900. The molecular formula is C24H23ClN4O3. The number of rotatable bonds is 6. The lowest BCUT2D eigenvalue weighted by Gasteiger charge is -2.28. The minimum Gasteiger partial charge on any atom is -0.426 e. The maximum absolute atomic E-state index is 9.14. The zero-order valence-electron chi connectivity index (χ0n) is 17.4. The summed E-state index contributed by atoms with van der Waals surface area (Å²) in [4.78, 5) is 14.6. The number of H-pyrrole nitrogens is 1. The fourth-order valence-electron chi connectivity index (χ4n) is 3.80. The lowest BCUT2D eigenvalue weighted by atomic mass is 10.1. The minimum absolute atomic E-state index is 0.0900. The number of aromatic amines is 1. The smallest absolute Gasteiger partial charge is 0.301 e. The summed E-state index contributed by atoms with van der Waals surface area (Å²) in [6.07, 6.45) is 0.572. The highest BCUT2D eigenvalue weighted by atomic mass is 35.5. The molecule has 2 aromatic carbocycles. The predicted molar refractivity (Wildman–Crippen MR) is 125 cm³/mol. The average molecular weight is 451 g/mol. The van der Waals surface area contributed by atoms with E-state index >= 15 is 0 Å². The Labute approximate surface area is 190 Å². The van der Waals surface area contributed by atoms with E-state index in [1.165, 1.54) is 0 Å². The number of anilines is 1. The molecule has 8 heteroatoms. The van der Waals surface area contributed by atoms with Gasteiger partial charge in [0, 0.05) is 30.9 Å². The van der Waals surface area contributed by atoms with E-state index in [1.54, 1.807) is 0 Å². The molecule has 164 valence electrons. The number of halogens is 1. The fourth-order valence-corrected chi connectivity index (χ4v) is 4.06. The highest BCUT2D eigenvalue weighted by Crippen LogP contribution is 2.31. The number of nitrogens with one attached hydrogen (secondary N) is 1. The predicted octanol–water partition coefficient (Wildman–Crippen LogP) is 4.44. The van der Waals surface area contributed by atoms with Crippen molar-refractivity contribution in [2.24, 2.45) is 0 Å². The number of morpholine rings is 1. The van der Waals surface area contributed by atoms with Crippen molar-refractivity contribution in [1.29, 1.82) is 0 Å². The summed E-state index contributed by atoms with van der Waals surface area (Å²) >= 11 is 6.55. The van der Waals surface area contributed by atoms with Crippen LogP contribution in [0, 0.1) is 0 Å². The van der Waals surface area contributed by atoms with Gasteiger partial charge in [-0.2, -0.15) is 4.98 Å². The summed E-state index contributed by atoms with van der Waals surface area (Å²) < 4.78 is 11.3. The molecule has 0 bridgehead atoms. The molecule has 0 saturated carbocycles. The van der Waals surface area contributed by atoms with Gasteiger partial charge in [0.05, 0.1) is 29.4 Å². The molecule has 1 aliphatic rings. The van der Waals surface area contributed by atoms with E-state index in [-0.39, 0.29) is 6.61 Å². The number of hydrogen-bond acceptors (Lipinski definition) is 6. The van der Waals surface area contributed by atoms with Crippen LogP contribution in [0.3, 0.4) is 0 Å². The lowest BCUT2D eigenvalue weighted by Crippen LogP contribution is -2.36. The highest BCUT2D eigenvalue weighted by molar-refractivity contribution is 6.33. The summed E-state index contributed by atoms with van der Waals surface area (Å²) in [6.45, 7) is 3.38. The molecule has 7 nitrogen and oxygen atoms in total. The van der Waals surface area contributed by atoms with Crippen LogP contribution in [0.15, 0.2) is 54.6 Å². The van der Waals surface area contributed by atoms with Gasteiger partial charge in [-0.3, -0.25) is 0 Å². The Morgan fingerprint density at radius 3 is 2.66 bits per heavy atom. The summed E-state index contributed by atoms with van der Waals surface area (Å²) in [6, 6.07) is 17.9. The molecule has 5 rings (SSSR count). The largest absolute Gasteiger partial charge is 0.426 e. The van der Waals surface area contributed by atoms with E-state index in [9.17, 15) is 0 Å². The van der Waals surface area contributed by atoms with Crippen LogP contribution in [0.4, 0.5) is 5.69 Å². The summed E-state index contributed by atoms with van der Waals surface area (Å²) in [5, 5.41) is 9.67. The Morgan fingerprint density at radius 2 is 1.88 bits per heavy atom. The van der Waals surface area contributed by atoms with E-state index in [1.807, 2.05) is 42.5 Å². The number of aliphatic hydroxyl groups is 1. The van der Waals surface area contributed by atoms with Crippen molar-refractivity contribution in [3.63, 3.8) is 0 Å². The number of aromatic nitrogens is 3. The monoisotopic (exact) mass is 450 g/mol. The Hall–Kier alpha value is -3.13. The van der Waals surface area contributed by atoms with Crippen molar-refractivity contribution in [2.45, 2.75) is 6.42 Å². The first-order valence-corrected chi connectivity index (χ1v) is 10.9. The number of aliphatic hydroxyl groups excluding tert-OH is 1. The first-order valence-electron chi connectivity index (χ1n) is 10.6. The second kappa shape index (κ2) is 9.16. The van der Waals surface area contributed by atoms with Crippen LogP contribution in [0.25, 0.3) is 22.4 Å². The molecule has 2 aromatic heterocycles. The van der Waals surface area contributed by atoms with Crippen molar-refractivity contribution in [3.8, 4) is 23.0 Å². The molecule has 2 N–H and O–H groups in total. The molecule has 1 saturated heterocycles. The third kappa shape index (κ3) is 4.41.